The third kappa shape index (κ3) is 8.08. The van der Waals surface area contributed by atoms with Crippen molar-refractivity contribution in [3.63, 3.8) is 0 Å². The number of methoxy groups -OCH3 is 2. The maximum absolute atomic E-state index is 13.5. The molecule has 3 rings (SSSR count). The molecule has 1 aromatic heterocycles. The number of benzene rings is 1. The van der Waals surface area contributed by atoms with Gasteiger partial charge in [0.2, 0.25) is 5.91 Å². The molecule has 0 unspecified atom stereocenters. The monoisotopic (exact) mass is 541 g/mol. The summed E-state index contributed by atoms with van der Waals surface area (Å²) in [6.07, 6.45) is 3.78. The Hall–Kier alpha value is -3.82. The fourth-order valence-corrected chi connectivity index (χ4v) is 4.17. The van der Waals surface area contributed by atoms with Crippen LogP contribution in [0.3, 0.4) is 0 Å². The third-order valence-electron chi connectivity index (χ3n) is 6.22. The highest BCUT2D eigenvalue weighted by Gasteiger charge is 2.39. The third-order valence-corrected chi connectivity index (χ3v) is 6.22. The van der Waals surface area contributed by atoms with E-state index in [2.05, 4.69) is 17.4 Å². The normalized spacial score (nSPS) is 16.3. The van der Waals surface area contributed by atoms with E-state index in [1.165, 1.54) is 18.1 Å². The second kappa shape index (κ2) is 13.3. The average molecular weight is 542 g/mol. The summed E-state index contributed by atoms with van der Waals surface area (Å²) >= 11 is 0. The predicted octanol–water partition coefficient (Wildman–Crippen LogP) is 4.09. The second-order valence-corrected chi connectivity index (χ2v) is 10.5. The van der Waals surface area contributed by atoms with Crippen LogP contribution in [0, 0.1) is 0 Å². The van der Waals surface area contributed by atoms with Gasteiger partial charge in [0, 0.05) is 19.4 Å². The molecular weight excluding hydrogens is 502 g/mol. The van der Waals surface area contributed by atoms with Gasteiger partial charge in [-0.3, -0.25) is 9.59 Å². The summed E-state index contributed by atoms with van der Waals surface area (Å²) in [5.74, 6) is 0.697. The summed E-state index contributed by atoms with van der Waals surface area (Å²) in [6, 6.07) is 7.61. The molecule has 1 aliphatic rings. The van der Waals surface area contributed by atoms with Crippen molar-refractivity contribution in [3.8, 4) is 11.5 Å². The van der Waals surface area contributed by atoms with Gasteiger partial charge < -0.3 is 28.9 Å². The topological polar surface area (TPSA) is 120 Å². The lowest BCUT2D eigenvalue weighted by Gasteiger charge is -2.23. The zero-order chi connectivity index (χ0) is 28.6. The van der Waals surface area contributed by atoms with E-state index in [9.17, 15) is 14.4 Å². The Kier molecular flexibility index (Phi) is 10.1. The van der Waals surface area contributed by atoms with Gasteiger partial charge in [0.25, 0.3) is 5.91 Å². The Balaban J connectivity index is 1.80. The second-order valence-electron chi connectivity index (χ2n) is 10.5. The van der Waals surface area contributed by atoms with Gasteiger partial charge in [0.15, 0.2) is 11.5 Å². The maximum Gasteiger partial charge on any atom is 0.348 e. The molecule has 0 spiro atoms. The first-order valence-electron chi connectivity index (χ1n) is 13.2. The summed E-state index contributed by atoms with van der Waals surface area (Å²) in [5.41, 5.74) is -0.0458. The van der Waals surface area contributed by atoms with Gasteiger partial charge in [-0.2, -0.15) is 0 Å². The minimum absolute atomic E-state index is 0.0566. The fraction of sp³-hybridized carbons (Fsp3) is 0.517. The molecule has 212 valence electrons. The molecule has 2 aromatic rings. The summed E-state index contributed by atoms with van der Waals surface area (Å²) in [6.45, 7) is 7.93. The molecule has 1 fully saturated rings. The van der Waals surface area contributed by atoms with Crippen LogP contribution in [0.1, 0.15) is 75.1 Å². The number of amides is 2. The van der Waals surface area contributed by atoms with Gasteiger partial charge in [0.05, 0.1) is 26.5 Å². The molecule has 2 amide bonds. The average Bonchev–Trinajstić information content (AvgIpc) is 3.34. The van der Waals surface area contributed by atoms with Gasteiger partial charge in [0.1, 0.15) is 23.0 Å². The molecule has 0 radical (unpaired) electrons. The number of likely N-dealkylation sites (tertiary alicyclic amines) is 1. The van der Waals surface area contributed by atoms with Crippen molar-refractivity contribution in [1.29, 1.82) is 0 Å². The molecule has 1 aromatic carbocycles. The predicted molar refractivity (Wildman–Crippen MR) is 147 cm³/mol. The summed E-state index contributed by atoms with van der Waals surface area (Å²) < 4.78 is 16.0. The van der Waals surface area contributed by atoms with E-state index in [-0.39, 0.29) is 31.0 Å². The van der Waals surface area contributed by atoms with Gasteiger partial charge in [-0.05, 0) is 57.0 Å². The molecule has 0 bridgehead atoms. The SMILES string of the molecule is CCCCCc1ccc(C(=O)N2C/C(=N/OC(C)(C)C)C[C@H]2C(=O)NCc2ccc(OC)c(OC)c2)c(=O)o1. The Labute approximate surface area is 229 Å². The summed E-state index contributed by atoms with van der Waals surface area (Å²) in [7, 11) is 3.09. The first-order chi connectivity index (χ1) is 18.6. The highest BCUT2D eigenvalue weighted by Crippen LogP contribution is 2.27. The van der Waals surface area contributed by atoms with E-state index >= 15 is 0 Å². The molecule has 0 aliphatic carbocycles. The minimum atomic E-state index is -0.872. The first kappa shape index (κ1) is 29.7. The van der Waals surface area contributed by atoms with E-state index < -0.39 is 23.2 Å². The number of carbonyl (C=O) groups excluding carboxylic acids is 2. The quantitative estimate of drug-likeness (QED) is 0.336. The minimum Gasteiger partial charge on any atom is -0.493 e. The number of aryl methyl sites for hydroxylation is 1. The summed E-state index contributed by atoms with van der Waals surface area (Å²) in [4.78, 5) is 46.4. The van der Waals surface area contributed by atoms with Crippen molar-refractivity contribution in [1.82, 2.24) is 10.2 Å². The number of hydrogen-bond donors (Lipinski definition) is 1. The van der Waals surface area contributed by atoms with Crippen molar-refractivity contribution in [3.05, 3.63) is 57.6 Å². The van der Waals surface area contributed by atoms with Gasteiger partial charge in [-0.25, -0.2) is 4.79 Å². The molecule has 1 aliphatic heterocycles. The Morgan fingerprint density at radius 3 is 2.49 bits per heavy atom. The van der Waals surface area contributed by atoms with E-state index in [1.54, 1.807) is 25.3 Å². The molecule has 1 saturated heterocycles. The zero-order valence-electron chi connectivity index (χ0n) is 23.7. The Bertz CT molecular complexity index is 1250. The van der Waals surface area contributed by atoms with Crippen LogP contribution in [-0.2, 0) is 22.6 Å². The number of ether oxygens (including phenoxy) is 2. The van der Waals surface area contributed by atoms with Crippen LogP contribution in [0.4, 0.5) is 0 Å². The molecule has 10 heteroatoms. The highest BCUT2D eigenvalue weighted by molar-refractivity contribution is 6.05. The van der Waals surface area contributed by atoms with Crippen LogP contribution < -0.4 is 20.4 Å². The molecule has 39 heavy (non-hydrogen) atoms. The van der Waals surface area contributed by atoms with Crippen molar-refractivity contribution in [2.45, 2.75) is 78.0 Å². The fourth-order valence-electron chi connectivity index (χ4n) is 4.17. The molecule has 2 heterocycles. The van der Waals surface area contributed by atoms with E-state index in [1.807, 2.05) is 26.8 Å². The van der Waals surface area contributed by atoms with Crippen LogP contribution >= 0.6 is 0 Å². The van der Waals surface area contributed by atoms with E-state index in [0.717, 1.165) is 24.8 Å². The molecule has 1 atom stereocenters. The first-order valence-corrected chi connectivity index (χ1v) is 13.2. The van der Waals surface area contributed by atoms with Crippen LogP contribution in [0.2, 0.25) is 0 Å². The maximum atomic E-state index is 13.5. The number of rotatable bonds is 11. The Morgan fingerprint density at radius 2 is 1.85 bits per heavy atom. The molecule has 10 nitrogen and oxygen atoms in total. The van der Waals surface area contributed by atoms with Gasteiger partial charge in [-0.15, -0.1) is 0 Å². The van der Waals surface area contributed by atoms with Crippen molar-refractivity contribution in [2.75, 3.05) is 20.8 Å². The number of carbonyl (C=O) groups is 2. The standard InChI is InChI=1S/C29H39N3O7/c1-7-8-9-10-21-12-13-22(28(35)38-21)27(34)32-18-20(31-39-29(2,3)4)16-23(32)26(33)30-17-19-11-14-24(36-5)25(15-19)37-6/h11-15,23H,7-10,16-18H2,1-6H3,(H,30,33)/b31-20+/t23-/m0/s1. The van der Waals surface area contributed by atoms with Gasteiger partial charge >= 0.3 is 5.63 Å². The molecule has 0 saturated carbocycles. The van der Waals surface area contributed by atoms with Crippen LogP contribution in [0.15, 0.2) is 44.7 Å². The number of nitrogens with one attached hydrogen (secondary N) is 1. The highest BCUT2D eigenvalue weighted by atomic mass is 16.6. The number of unbranched alkanes of at least 4 members (excludes halogenated alkanes) is 2. The Morgan fingerprint density at radius 1 is 1.10 bits per heavy atom. The van der Waals surface area contributed by atoms with Crippen LogP contribution in [-0.4, -0.2) is 54.8 Å². The van der Waals surface area contributed by atoms with Crippen molar-refractivity contribution in [2.24, 2.45) is 5.16 Å². The lowest BCUT2D eigenvalue weighted by atomic mass is 10.1. The smallest absolute Gasteiger partial charge is 0.348 e. The van der Waals surface area contributed by atoms with E-state index in [4.69, 9.17) is 18.7 Å². The number of hydrogen-bond acceptors (Lipinski definition) is 8. The molecule has 1 N–H and O–H groups in total. The van der Waals surface area contributed by atoms with Crippen molar-refractivity contribution < 1.29 is 28.3 Å². The van der Waals surface area contributed by atoms with E-state index in [0.29, 0.717) is 29.4 Å². The van der Waals surface area contributed by atoms with Crippen LogP contribution in [0.5, 0.6) is 11.5 Å². The van der Waals surface area contributed by atoms with Crippen LogP contribution in [0.25, 0.3) is 0 Å². The number of nitrogens with zero attached hydrogens (tertiary/aromatic N) is 2. The van der Waals surface area contributed by atoms with Gasteiger partial charge in [-0.1, -0.05) is 31.0 Å². The lowest BCUT2D eigenvalue weighted by Crippen LogP contribution is -2.46. The van der Waals surface area contributed by atoms with Crippen molar-refractivity contribution >= 4 is 17.5 Å². The lowest BCUT2D eigenvalue weighted by molar-refractivity contribution is -0.125. The number of oxime groups is 1. The molecular formula is C29H39N3O7. The zero-order valence-corrected chi connectivity index (χ0v) is 23.7. The summed E-state index contributed by atoms with van der Waals surface area (Å²) in [5, 5.41) is 7.09. The largest absolute Gasteiger partial charge is 0.493 e.